The van der Waals surface area contributed by atoms with Crippen LogP contribution in [-0.2, 0) is 4.84 Å². The van der Waals surface area contributed by atoms with Crippen LogP contribution >= 0.6 is 0 Å². The molecule has 0 aromatic rings. The van der Waals surface area contributed by atoms with Crippen LogP contribution in [0, 0.1) is 0 Å². The Morgan fingerprint density at radius 2 is 2.67 bits per heavy atom. The minimum atomic E-state index is 1.46. The summed E-state index contributed by atoms with van der Waals surface area (Å²) in [6.07, 6.45) is 4.47. The monoisotopic (exact) mass is 84.0 g/mol. The third-order valence-electron chi connectivity index (χ3n) is 0.410. The zero-order valence-corrected chi connectivity index (χ0v) is 3.09. The van der Waals surface area contributed by atoms with E-state index in [-0.39, 0.29) is 0 Å². The Bertz CT molecular complexity index is 74.8. The van der Waals surface area contributed by atoms with E-state index in [1.165, 1.54) is 12.6 Å². The minimum absolute atomic E-state index is 1.46. The molecule has 0 amide bonds. The summed E-state index contributed by atoms with van der Waals surface area (Å²) in [6, 6.07) is 0. The molecule has 1 rings (SSSR count). The Morgan fingerprint density at radius 1 is 1.67 bits per heavy atom. The number of aliphatic imine (C=N–C) groups is 1. The summed E-state index contributed by atoms with van der Waals surface area (Å²) >= 11 is 0. The SMILES string of the molecule is C1=CONC=[N+]1. The molecule has 3 nitrogen and oxygen atoms in total. The molecule has 1 aliphatic heterocycles. The predicted molar refractivity (Wildman–Crippen MR) is 21.6 cm³/mol. The molecular formula is C3H4N2O+. The van der Waals surface area contributed by atoms with E-state index < -0.39 is 0 Å². The number of rotatable bonds is 0. The molecule has 1 N–H and O–H groups in total. The molecule has 0 saturated carbocycles. The molecule has 0 spiro atoms. The lowest BCUT2D eigenvalue weighted by molar-refractivity contribution is 0.192. The van der Waals surface area contributed by atoms with Gasteiger partial charge in [-0.3, -0.25) is 0 Å². The van der Waals surface area contributed by atoms with Crippen LogP contribution in [0.25, 0.3) is 0 Å². The molecular weight excluding hydrogens is 80.0 g/mol. The molecule has 0 aliphatic carbocycles. The molecule has 0 aromatic heterocycles. The van der Waals surface area contributed by atoms with Crippen molar-refractivity contribution in [2.45, 2.75) is 0 Å². The molecule has 31 valence electrons. The molecule has 6 heavy (non-hydrogen) atoms. The van der Waals surface area contributed by atoms with Crippen molar-refractivity contribution in [2.24, 2.45) is 0 Å². The maximum absolute atomic E-state index is 4.49. The topological polar surface area (TPSA) is 35.4 Å². The van der Waals surface area contributed by atoms with Gasteiger partial charge in [-0.15, -0.1) is 0 Å². The lowest BCUT2D eigenvalue weighted by atomic mass is 10.9. The van der Waals surface area contributed by atoms with Crippen molar-refractivity contribution >= 4 is 6.34 Å². The number of hydroxylamine groups is 1. The van der Waals surface area contributed by atoms with Crippen molar-refractivity contribution in [3.8, 4) is 0 Å². The molecule has 0 bridgehead atoms. The smallest absolute Gasteiger partial charge is 0.308 e. The third-order valence-corrected chi connectivity index (χ3v) is 0.410. The second kappa shape index (κ2) is 1.45. The first kappa shape index (κ1) is 3.21. The van der Waals surface area contributed by atoms with Crippen molar-refractivity contribution in [3.05, 3.63) is 12.5 Å². The second-order valence-electron chi connectivity index (χ2n) is 0.799. The highest BCUT2D eigenvalue weighted by Crippen LogP contribution is 1.67. The van der Waals surface area contributed by atoms with E-state index >= 15 is 0 Å². The van der Waals surface area contributed by atoms with Crippen molar-refractivity contribution in [2.75, 3.05) is 0 Å². The van der Waals surface area contributed by atoms with Gasteiger partial charge < -0.3 is 4.84 Å². The van der Waals surface area contributed by atoms with Gasteiger partial charge in [0.1, 0.15) is 0 Å². The highest BCUT2D eigenvalue weighted by molar-refractivity contribution is 5.52. The van der Waals surface area contributed by atoms with Gasteiger partial charge >= 0.3 is 6.34 Å². The maximum Gasteiger partial charge on any atom is 0.317 e. The second-order valence-corrected chi connectivity index (χ2v) is 0.799. The van der Waals surface area contributed by atoms with Crippen LogP contribution in [0.2, 0.25) is 0 Å². The van der Waals surface area contributed by atoms with Crippen molar-refractivity contribution in [3.63, 3.8) is 0 Å². The van der Waals surface area contributed by atoms with Gasteiger partial charge in [0, 0.05) is 0 Å². The van der Waals surface area contributed by atoms with Crippen LogP contribution in [0.15, 0.2) is 12.5 Å². The molecule has 0 fully saturated rings. The summed E-state index contributed by atoms with van der Waals surface area (Å²) in [7, 11) is 0. The summed E-state index contributed by atoms with van der Waals surface area (Å²) in [5, 5.41) is 0. The molecule has 1 heterocycles. The Morgan fingerprint density at radius 3 is 2.83 bits per heavy atom. The summed E-state index contributed by atoms with van der Waals surface area (Å²) in [5.41, 5.74) is 2.41. The number of nitrogens with one attached hydrogen (secondary N) is 1. The summed E-state index contributed by atoms with van der Waals surface area (Å²) in [4.78, 5) is 8.12. The molecule has 0 unspecified atom stereocenters. The summed E-state index contributed by atoms with van der Waals surface area (Å²) in [6.45, 7) is 0. The normalized spacial score (nSPS) is 16.0. The fourth-order valence-electron chi connectivity index (χ4n) is 0.209. The van der Waals surface area contributed by atoms with Gasteiger partial charge in [-0.2, -0.15) is 0 Å². The predicted octanol–water partition coefficient (Wildman–Crippen LogP) is -0.644. The standard InChI is InChI=1S/C3H4N2O/c1-2-6-5-3-4-1/h1-3,5H/q+1. The quantitative estimate of drug-likeness (QED) is 0.423. The van der Waals surface area contributed by atoms with Gasteiger partial charge in [0.15, 0.2) is 12.5 Å². The van der Waals surface area contributed by atoms with E-state index in [4.69, 9.17) is 0 Å². The van der Waals surface area contributed by atoms with E-state index in [0.29, 0.717) is 0 Å². The molecule has 3 heteroatoms. The van der Waals surface area contributed by atoms with Crippen LogP contribution in [0.4, 0.5) is 0 Å². The van der Waals surface area contributed by atoms with Crippen LogP contribution in [-0.4, -0.2) is 6.34 Å². The first-order valence-electron chi connectivity index (χ1n) is 1.58. The van der Waals surface area contributed by atoms with E-state index in [2.05, 4.69) is 15.3 Å². The summed E-state index contributed by atoms with van der Waals surface area (Å²) < 4.78 is 0. The number of hydrogen-bond donors (Lipinski definition) is 1. The molecule has 1 radical (unpaired) electrons. The highest BCUT2D eigenvalue weighted by atomic mass is 16.6. The van der Waals surface area contributed by atoms with Gasteiger partial charge in [-0.05, 0) is 0 Å². The average Bonchev–Trinajstić information content (AvgIpc) is 1.72. The molecule has 0 saturated heterocycles. The Labute approximate surface area is 35.3 Å². The lowest BCUT2D eigenvalue weighted by Crippen LogP contribution is -2.13. The van der Waals surface area contributed by atoms with Gasteiger partial charge in [0.2, 0.25) is 0 Å². The molecule has 0 atom stereocenters. The Hall–Kier alpha value is -0.990. The van der Waals surface area contributed by atoms with Gasteiger partial charge in [0.05, 0.1) is 0 Å². The van der Waals surface area contributed by atoms with Crippen LogP contribution in [0.5, 0.6) is 0 Å². The van der Waals surface area contributed by atoms with E-state index in [1.54, 1.807) is 6.20 Å². The van der Waals surface area contributed by atoms with Crippen molar-refractivity contribution in [1.29, 1.82) is 0 Å². The molecule has 0 aromatic carbocycles. The summed E-state index contributed by atoms with van der Waals surface area (Å²) in [5.74, 6) is 0. The van der Waals surface area contributed by atoms with Crippen LogP contribution in [0.1, 0.15) is 0 Å². The Kier molecular flexibility index (Phi) is 0.774. The Balaban J connectivity index is 2.46. The zero-order chi connectivity index (χ0) is 4.24. The maximum atomic E-state index is 4.49. The van der Waals surface area contributed by atoms with E-state index in [1.807, 2.05) is 0 Å². The van der Waals surface area contributed by atoms with Gasteiger partial charge in [-0.1, -0.05) is 10.5 Å². The van der Waals surface area contributed by atoms with E-state index in [0.717, 1.165) is 0 Å². The third kappa shape index (κ3) is 0.484. The zero-order valence-electron chi connectivity index (χ0n) is 3.09. The molecule has 1 aliphatic rings. The van der Waals surface area contributed by atoms with Crippen LogP contribution < -0.4 is 10.5 Å². The minimum Gasteiger partial charge on any atom is -0.308 e. The van der Waals surface area contributed by atoms with Gasteiger partial charge in [-0.25, -0.2) is 0 Å². The fourth-order valence-corrected chi connectivity index (χ4v) is 0.209. The first-order valence-corrected chi connectivity index (χ1v) is 1.58. The van der Waals surface area contributed by atoms with Gasteiger partial charge in [0.25, 0.3) is 0 Å². The van der Waals surface area contributed by atoms with Crippen LogP contribution in [0.3, 0.4) is 0 Å². The van der Waals surface area contributed by atoms with Crippen molar-refractivity contribution < 1.29 is 4.84 Å². The largest absolute Gasteiger partial charge is 0.317 e. The number of hydrogen-bond acceptors (Lipinski definition) is 3. The fraction of sp³-hybridized carbons (Fsp3) is 0. The van der Waals surface area contributed by atoms with E-state index in [9.17, 15) is 0 Å². The first-order chi connectivity index (χ1) is 3.00. The lowest BCUT2D eigenvalue weighted by Gasteiger charge is -1.85. The van der Waals surface area contributed by atoms with Crippen molar-refractivity contribution in [1.82, 2.24) is 10.5 Å². The average molecular weight is 84.1 g/mol. The highest BCUT2D eigenvalue weighted by Gasteiger charge is 1.85. The number of nitrogens with zero attached hydrogens (tertiary/aromatic N) is 1.